The molecule has 0 aliphatic heterocycles. The van der Waals surface area contributed by atoms with Crippen molar-refractivity contribution in [2.24, 2.45) is 0 Å². The first-order chi connectivity index (χ1) is 2.94. The molecule has 0 rings (SSSR count). The van der Waals surface area contributed by atoms with Gasteiger partial charge in [-0.05, 0) is 11.8 Å². The Morgan fingerprint density at radius 1 is 1.56 bits per heavy atom. The van der Waals surface area contributed by atoms with Gasteiger partial charge in [0.15, 0.2) is 0 Å². The summed E-state index contributed by atoms with van der Waals surface area (Å²) in [5.74, 6) is -0.103. The Labute approximate surface area is 89.4 Å². The van der Waals surface area contributed by atoms with Crippen LogP contribution in [0.5, 0.6) is 0 Å². The summed E-state index contributed by atoms with van der Waals surface area (Å²) in [5.41, 5.74) is 0. The number of Topliss-reactive ketones (excluding diaryl/α,β-unsaturated/α-hetero) is 1. The van der Waals surface area contributed by atoms with Crippen molar-refractivity contribution in [1.29, 1.82) is 0 Å². The van der Waals surface area contributed by atoms with Gasteiger partial charge in [-0.3, -0.25) is 0 Å². The molecule has 0 fully saturated rings. The molecule has 0 saturated carbocycles. The molecule has 0 aliphatic carbocycles. The van der Waals surface area contributed by atoms with Crippen molar-refractivity contribution >= 4 is 17.4 Å². The van der Waals surface area contributed by atoms with Crippen molar-refractivity contribution < 1.29 is 46.9 Å². The number of hydrogen-bond acceptors (Lipinski definition) is 1. The predicted molar refractivity (Wildman–Crippen MR) is 30.3 cm³/mol. The zero-order chi connectivity index (χ0) is 6.08. The van der Waals surface area contributed by atoms with Gasteiger partial charge in [0.2, 0.25) is 0 Å². The van der Waals surface area contributed by atoms with Crippen LogP contribution in [0, 0.1) is 6.92 Å². The van der Waals surface area contributed by atoms with Crippen LogP contribution >= 0.6 is 11.6 Å². The fourth-order valence-electron chi connectivity index (χ4n) is 0. The molecular formula is C5H8ClOW2-. The average molecular weight is 487 g/mol. The molecule has 0 aromatic heterocycles. The van der Waals surface area contributed by atoms with Crippen molar-refractivity contribution in [2.75, 3.05) is 0 Å². The Morgan fingerprint density at radius 3 is 1.67 bits per heavy atom. The molecule has 0 heterocycles. The fraction of sp³-hybridized carbons (Fsp3) is 0.600. The summed E-state index contributed by atoms with van der Waals surface area (Å²) in [5, 5.41) is 0. The first kappa shape index (κ1) is 16.7. The molecular weight excluding hydrogens is 479 g/mol. The molecule has 0 aromatic rings. The van der Waals surface area contributed by atoms with Crippen molar-refractivity contribution in [1.82, 2.24) is 0 Å². The maximum Gasteiger partial charge on any atom is 0.120 e. The molecule has 1 unspecified atom stereocenters. The summed E-state index contributed by atoms with van der Waals surface area (Å²) >= 11 is 5.41. The monoisotopic (exact) mass is 487 g/mol. The molecule has 0 aromatic carbocycles. The second-order valence-corrected chi connectivity index (χ2v) is 2.59. The molecule has 4 heteroatoms. The summed E-state index contributed by atoms with van der Waals surface area (Å²) in [4.78, 5) is 9.35. The van der Waals surface area contributed by atoms with Gasteiger partial charge in [-0.2, -0.15) is 0 Å². The minimum absolute atomic E-state index is 0. The SMILES string of the molecule is [CH2-]C(C)(Cl)C(C)=O.[W].[W]. The Bertz CT molecular complexity index is 87.4. The van der Waals surface area contributed by atoms with E-state index in [2.05, 4.69) is 6.92 Å². The van der Waals surface area contributed by atoms with Gasteiger partial charge in [0, 0.05) is 42.1 Å². The molecule has 0 radical (unpaired) electrons. The first-order valence-corrected chi connectivity index (χ1v) is 2.37. The molecule has 0 spiro atoms. The van der Waals surface area contributed by atoms with E-state index in [4.69, 9.17) is 11.6 Å². The van der Waals surface area contributed by atoms with Gasteiger partial charge >= 0.3 is 0 Å². The quantitative estimate of drug-likeness (QED) is 0.404. The van der Waals surface area contributed by atoms with E-state index >= 15 is 0 Å². The summed E-state index contributed by atoms with van der Waals surface area (Å²) in [7, 11) is 0. The standard InChI is InChI=1S/C5H8ClO.2W/c1-4(7)5(2,3)6;;/h2H2,1,3H3;;/q-1;;. The van der Waals surface area contributed by atoms with Gasteiger partial charge < -0.3 is 11.7 Å². The number of carbonyl (C=O) groups is 1. The van der Waals surface area contributed by atoms with E-state index < -0.39 is 4.87 Å². The fourth-order valence-corrected chi connectivity index (χ4v) is 0. The van der Waals surface area contributed by atoms with Gasteiger partial charge in [0.05, 0.1) is 0 Å². The summed E-state index contributed by atoms with van der Waals surface area (Å²) in [6, 6.07) is 0. The second-order valence-electron chi connectivity index (χ2n) is 1.75. The number of rotatable bonds is 1. The van der Waals surface area contributed by atoms with E-state index in [0.717, 1.165) is 0 Å². The zero-order valence-electron chi connectivity index (χ0n) is 5.31. The Morgan fingerprint density at radius 2 is 1.67 bits per heavy atom. The van der Waals surface area contributed by atoms with Gasteiger partial charge in [0.1, 0.15) is 5.78 Å². The summed E-state index contributed by atoms with van der Waals surface area (Å²) in [6.07, 6.45) is 0. The molecule has 0 aliphatic rings. The van der Waals surface area contributed by atoms with Gasteiger partial charge in [-0.15, -0.1) is 11.6 Å². The van der Waals surface area contributed by atoms with E-state index in [0.29, 0.717) is 0 Å². The normalized spacial score (nSPS) is 14.2. The number of carbonyl (C=O) groups excluding carboxylic acids is 1. The molecule has 54 valence electrons. The molecule has 1 nitrogen and oxygen atoms in total. The largest absolute Gasteiger partial charge is 0.316 e. The molecule has 0 saturated heterocycles. The van der Waals surface area contributed by atoms with Crippen LogP contribution in [0.15, 0.2) is 0 Å². The van der Waals surface area contributed by atoms with Crippen LogP contribution in [0.2, 0.25) is 0 Å². The van der Waals surface area contributed by atoms with Crippen LogP contribution in [0.3, 0.4) is 0 Å². The van der Waals surface area contributed by atoms with E-state index in [9.17, 15) is 4.79 Å². The van der Waals surface area contributed by atoms with Crippen molar-refractivity contribution in [2.45, 2.75) is 18.7 Å². The van der Waals surface area contributed by atoms with Crippen LogP contribution in [0.4, 0.5) is 0 Å². The van der Waals surface area contributed by atoms with E-state index in [1.54, 1.807) is 6.92 Å². The van der Waals surface area contributed by atoms with E-state index in [1.165, 1.54) is 6.92 Å². The van der Waals surface area contributed by atoms with E-state index in [-0.39, 0.29) is 47.9 Å². The Balaban J connectivity index is -0.000000180. The van der Waals surface area contributed by atoms with Crippen molar-refractivity contribution in [3.63, 3.8) is 0 Å². The predicted octanol–water partition coefficient (Wildman–Crippen LogP) is 1.40. The zero-order valence-corrected chi connectivity index (χ0v) is 11.9. The number of hydrogen-bond donors (Lipinski definition) is 0. The average Bonchev–Trinajstić information content (AvgIpc) is 1.31. The van der Waals surface area contributed by atoms with Gasteiger partial charge in [-0.25, -0.2) is 0 Å². The van der Waals surface area contributed by atoms with E-state index in [1.807, 2.05) is 0 Å². The smallest absolute Gasteiger partial charge is 0.120 e. The minimum atomic E-state index is -0.917. The summed E-state index contributed by atoms with van der Waals surface area (Å²) in [6.45, 7) is 6.37. The third kappa shape index (κ3) is 9.34. The number of alkyl halides is 1. The second kappa shape index (κ2) is 6.07. The molecule has 0 amide bonds. The molecule has 9 heavy (non-hydrogen) atoms. The number of ketones is 1. The van der Waals surface area contributed by atoms with Crippen LogP contribution in [0.1, 0.15) is 13.8 Å². The topological polar surface area (TPSA) is 17.1 Å². The Kier molecular flexibility index (Phi) is 11.3. The maximum atomic E-state index is 10.3. The van der Waals surface area contributed by atoms with Gasteiger partial charge in [0.25, 0.3) is 0 Å². The third-order valence-corrected chi connectivity index (χ3v) is 1.00. The van der Waals surface area contributed by atoms with Crippen LogP contribution in [0.25, 0.3) is 0 Å². The first-order valence-electron chi connectivity index (χ1n) is 2.00. The summed E-state index contributed by atoms with van der Waals surface area (Å²) < 4.78 is 0. The maximum absolute atomic E-state index is 10.3. The molecule has 1 atom stereocenters. The van der Waals surface area contributed by atoms with Crippen LogP contribution < -0.4 is 0 Å². The van der Waals surface area contributed by atoms with Crippen molar-refractivity contribution in [3.8, 4) is 0 Å². The number of halogens is 1. The third-order valence-electron chi connectivity index (χ3n) is 0.734. The Hall–Kier alpha value is 1.34. The minimum Gasteiger partial charge on any atom is -0.316 e. The van der Waals surface area contributed by atoms with Crippen LogP contribution in [-0.4, -0.2) is 10.7 Å². The molecule has 0 bridgehead atoms. The van der Waals surface area contributed by atoms with Crippen molar-refractivity contribution in [3.05, 3.63) is 6.92 Å². The van der Waals surface area contributed by atoms with Crippen LogP contribution in [-0.2, 0) is 46.9 Å². The van der Waals surface area contributed by atoms with Gasteiger partial charge in [-0.1, -0.05) is 6.92 Å². The molecule has 0 N–H and O–H groups in total.